The molecule has 0 aromatic carbocycles. The number of hydrogen-bond acceptors (Lipinski definition) is 4. The largest absolute Gasteiger partial charge is 0.480 e. The molecule has 0 radical (unpaired) electrons. The van der Waals surface area contributed by atoms with Crippen LogP contribution in [0.4, 0.5) is 0 Å². The van der Waals surface area contributed by atoms with Crippen LogP contribution in [0.25, 0.3) is 0 Å². The van der Waals surface area contributed by atoms with E-state index >= 15 is 0 Å². The number of nitrogens with zero attached hydrogens (tertiary/aromatic N) is 2. The van der Waals surface area contributed by atoms with Gasteiger partial charge in [0, 0.05) is 0 Å². The highest BCUT2D eigenvalue weighted by Crippen LogP contribution is 2.11. The van der Waals surface area contributed by atoms with Crippen molar-refractivity contribution in [3.63, 3.8) is 0 Å². The van der Waals surface area contributed by atoms with Crippen LogP contribution in [0.2, 0.25) is 0 Å². The fraction of sp³-hybridized carbons (Fsp3) is 0.818. The maximum absolute atomic E-state index is 5.46. The summed E-state index contributed by atoms with van der Waals surface area (Å²) in [5.41, 5.74) is 0. The summed E-state index contributed by atoms with van der Waals surface area (Å²) in [6.07, 6.45) is 2.04. The number of hydrogen-bond donors (Lipinski definition) is 0. The predicted octanol–water partition coefficient (Wildman–Crippen LogP) is 2.04. The van der Waals surface area contributed by atoms with Gasteiger partial charge < -0.3 is 9.47 Å². The van der Waals surface area contributed by atoms with E-state index in [0.29, 0.717) is 19.8 Å². The molecule has 0 spiro atoms. The second kappa shape index (κ2) is 6.43. The molecule has 0 amide bonds. The third-order valence-electron chi connectivity index (χ3n) is 2.12. The van der Waals surface area contributed by atoms with Crippen LogP contribution in [0.3, 0.4) is 0 Å². The van der Waals surface area contributed by atoms with E-state index in [1.54, 1.807) is 0 Å². The molecular weight excluding hydrogens is 192 g/mol. The van der Waals surface area contributed by atoms with Crippen LogP contribution in [0, 0.1) is 0 Å². The molecule has 1 aliphatic heterocycles. The smallest absolute Gasteiger partial charge is 0.209 e. The van der Waals surface area contributed by atoms with Crippen LogP contribution in [-0.4, -0.2) is 37.6 Å². The first-order valence-corrected chi connectivity index (χ1v) is 5.68. The van der Waals surface area contributed by atoms with Crippen molar-refractivity contribution in [2.24, 2.45) is 9.98 Å². The molecule has 86 valence electrons. The Morgan fingerprint density at radius 2 is 1.93 bits per heavy atom. The van der Waals surface area contributed by atoms with Gasteiger partial charge in [0.15, 0.2) is 0 Å². The zero-order valence-corrected chi connectivity index (χ0v) is 9.82. The second-order valence-corrected chi connectivity index (χ2v) is 3.35. The highest BCUT2D eigenvalue weighted by Gasteiger charge is 2.21. The predicted molar refractivity (Wildman–Crippen MR) is 61.7 cm³/mol. The van der Waals surface area contributed by atoms with Crippen LogP contribution < -0.4 is 0 Å². The van der Waals surface area contributed by atoms with Crippen LogP contribution in [-0.2, 0) is 9.47 Å². The van der Waals surface area contributed by atoms with E-state index in [9.17, 15) is 0 Å². The first-order chi connectivity index (χ1) is 7.31. The van der Waals surface area contributed by atoms with Crippen LogP contribution in [0.1, 0.15) is 33.6 Å². The number of rotatable bonds is 4. The molecule has 0 fully saturated rings. The quantitative estimate of drug-likeness (QED) is 0.715. The minimum Gasteiger partial charge on any atom is -0.480 e. The van der Waals surface area contributed by atoms with Gasteiger partial charge in [-0.3, -0.25) is 0 Å². The topological polar surface area (TPSA) is 43.2 Å². The minimum atomic E-state index is 0.0604. The van der Waals surface area contributed by atoms with E-state index in [4.69, 9.17) is 9.47 Å². The van der Waals surface area contributed by atoms with Gasteiger partial charge in [-0.25, -0.2) is 9.98 Å². The summed E-state index contributed by atoms with van der Waals surface area (Å²) in [4.78, 5) is 8.86. The van der Waals surface area contributed by atoms with Crippen molar-refractivity contribution in [2.45, 2.75) is 39.7 Å². The molecule has 0 aromatic rings. The molecule has 1 rings (SSSR count). The molecule has 1 atom stereocenters. The lowest BCUT2D eigenvalue weighted by Gasteiger charge is -2.20. The monoisotopic (exact) mass is 212 g/mol. The van der Waals surface area contributed by atoms with Gasteiger partial charge in [-0.15, -0.1) is 0 Å². The van der Waals surface area contributed by atoms with Gasteiger partial charge in [-0.05, 0) is 20.3 Å². The van der Waals surface area contributed by atoms with Crippen molar-refractivity contribution in [3.05, 3.63) is 0 Å². The highest BCUT2D eigenvalue weighted by atomic mass is 16.5. The lowest BCUT2D eigenvalue weighted by Crippen LogP contribution is -2.30. The summed E-state index contributed by atoms with van der Waals surface area (Å²) < 4.78 is 10.8. The van der Waals surface area contributed by atoms with Crippen LogP contribution in [0.15, 0.2) is 9.98 Å². The van der Waals surface area contributed by atoms with Gasteiger partial charge in [-0.2, -0.15) is 0 Å². The Morgan fingerprint density at radius 1 is 1.20 bits per heavy atom. The van der Waals surface area contributed by atoms with Crippen molar-refractivity contribution in [1.29, 1.82) is 0 Å². The van der Waals surface area contributed by atoms with Gasteiger partial charge in [0.1, 0.15) is 12.6 Å². The molecule has 4 heteroatoms. The van der Waals surface area contributed by atoms with Crippen molar-refractivity contribution in [1.82, 2.24) is 0 Å². The molecule has 0 aromatic heterocycles. The molecular formula is C11H20N2O2. The number of ether oxygens (including phenoxy) is 2. The fourth-order valence-corrected chi connectivity index (χ4v) is 1.52. The first kappa shape index (κ1) is 12.0. The maximum atomic E-state index is 5.46. The third-order valence-corrected chi connectivity index (χ3v) is 2.12. The Bertz CT molecular complexity index is 249. The van der Waals surface area contributed by atoms with Gasteiger partial charge in [-0.1, -0.05) is 13.3 Å². The lowest BCUT2D eigenvalue weighted by atomic mass is 10.1. The van der Waals surface area contributed by atoms with Crippen LogP contribution >= 0.6 is 0 Å². The minimum absolute atomic E-state index is 0.0604. The van der Waals surface area contributed by atoms with Crippen molar-refractivity contribution in [3.8, 4) is 0 Å². The van der Waals surface area contributed by atoms with Crippen molar-refractivity contribution < 1.29 is 9.47 Å². The molecule has 1 unspecified atom stereocenters. The summed E-state index contributed by atoms with van der Waals surface area (Å²) in [5, 5.41) is 0. The van der Waals surface area contributed by atoms with Crippen molar-refractivity contribution in [2.75, 3.05) is 19.8 Å². The van der Waals surface area contributed by atoms with Crippen LogP contribution in [0.5, 0.6) is 0 Å². The second-order valence-electron chi connectivity index (χ2n) is 3.35. The average molecular weight is 212 g/mol. The van der Waals surface area contributed by atoms with E-state index in [-0.39, 0.29) is 6.04 Å². The molecule has 1 heterocycles. The Balaban J connectivity index is 2.61. The maximum Gasteiger partial charge on any atom is 0.209 e. The van der Waals surface area contributed by atoms with Gasteiger partial charge in [0.05, 0.1) is 13.2 Å². The van der Waals surface area contributed by atoms with E-state index in [1.165, 1.54) is 0 Å². The molecule has 0 aliphatic carbocycles. The fourth-order valence-electron chi connectivity index (χ4n) is 1.52. The van der Waals surface area contributed by atoms with Gasteiger partial charge in [0.2, 0.25) is 11.8 Å². The SMILES string of the molecule is CCCC1N=C(OCC)CN=C1OCC. The summed E-state index contributed by atoms with van der Waals surface area (Å²) in [7, 11) is 0. The zero-order valence-electron chi connectivity index (χ0n) is 9.82. The molecule has 0 N–H and O–H groups in total. The number of aliphatic imine (C=N–C) groups is 2. The zero-order chi connectivity index (χ0) is 11.1. The Hall–Kier alpha value is -1.06. The molecule has 1 aliphatic rings. The Morgan fingerprint density at radius 3 is 2.53 bits per heavy atom. The van der Waals surface area contributed by atoms with Gasteiger partial charge in [0.25, 0.3) is 0 Å². The van der Waals surface area contributed by atoms with E-state index in [2.05, 4.69) is 16.9 Å². The molecule has 0 bridgehead atoms. The van der Waals surface area contributed by atoms with Crippen molar-refractivity contribution >= 4 is 11.8 Å². The normalized spacial score (nSPS) is 20.6. The van der Waals surface area contributed by atoms with E-state index in [1.807, 2.05) is 13.8 Å². The summed E-state index contributed by atoms with van der Waals surface area (Å²) in [5.74, 6) is 1.50. The standard InChI is InChI=1S/C11H20N2O2/c1-4-7-9-11(15-6-3)12-8-10(13-9)14-5-2/h9H,4-8H2,1-3H3. The molecule has 15 heavy (non-hydrogen) atoms. The summed E-state index contributed by atoms with van der Waals surface area (Å²) in [6, 6.07) is 0.0604. The third kappa shape index (κ3) is 3.53. The van der Waals surface area contributed by atoms with E-state index in [0.717, 1.165) is 24.6 Å². The van der Waals surface area contributed by atoms with Gasteiger partial charge >= 0.3 is 0 Å². The molecule has 0 saturated heterocycles. The summed E-state index contributed by atoms with van der Waals surface area (Å²) in [6.45, 7) is 7.87. The first-order valence-electron chi connectivity index (χ1n) is 5.68. The Kier molecular flexibility index (Phi) is 5.15. The summed E-state index contributed by atoms with van der Waals surface area (Å²) >= 11 is 0. The lowest BCUT2D eigenvalue weighted by molar-refractivity contribution is 0.292. The highest BCUT2D eigenvalue weighted by molar-refractivity contribution is 5.91. The Labute approximate surface area is 91.4 Å². The molecule has 4 nitrogen and oxygen atoms in total. The van der Waals surface area contributed by atoms with E-state index < -0.39 is 0 Å². The average Bonchev–Trinajstić information content (AvgIpc) is 2.23. The molecule has 0 saturated carbocycles.